The number of nitrogens with zero attached hydrogens (tertiary/aromatic N) is 1. The van der Waals surface area contributed by atoms with E-state index in [1.807, 2.05) is 6.07 Å². The van der Waals surface area contributed by atoms with Crippen LogP contribution in [0.3, 0.4) is 0 Å². The molecule has 0 fully saturated rings. The van der Waals surface area contributed by atoms with E-state index in [9.17, 15) is 14.9 Å². The Labute approximate surface area is 188 Å². The van der Waals surface area contributed by atoms with Gasteiger partial charge >= 0.3 is 5.97 Å². The molecular formula is C23H16Cl2N2O4. The average Bonchev–Trinajstić information content (AvgIpc) is 3.23. The van der Waals surface area contributed by atoms with E-state index >= 15 is 0 Å². The summed E-state index contributed by atoms with van der Waals surface area (Å²) in [6.45, 7) is 1.77. The van der Waals surface area contributed by atoms with Crippen LogP contribution < -0.4 is 5.32 Å². The number of ether oxygens (including phenoxy) is 1. The number of hydrogen-bond acceptors (Lipinski definition) is 5. The van der Waals surface area contributed by atoms with Crippen molar-refractivity contribution in [3.8, 4) is 17.4 Å². The van der Waals surface area contributed by atoms with Gasteiger partial charge in [0.1, 0.15) is 23.2 Å². The number of rotatable bonds is 5. The minimum Gasteiger partial charge on any atom is -0.465 e. The van der Waals surface area contributed by atoms with Crippen molar-refractivity contribution in [2.24, 2.45) is 0 Å². The molecule has 2 aromatic carbocycles. The molecule has 0 bridgehead atoms. The van der Waals surface area contributed by atoms with Gasteiger partial charge in [0.05, 0.1) is 17.7 Å². The standard InChI is InChI=1S/C23H16Cl2N2O4/c1-13-18(24)4-3-5-20(13)27-22(28)15(12-26)10-16-7-9-21(31-16)14-6-8-17(19(25)11-14)23(29)30-2/h3-11H,1-2H3,(H,27,28)/b15-10+. The Bertz CT molecular complexity index is 1240. The van der Waals surface area contributed by atoms with Crippen LogP contribution in [0.2, 0.25) is 10.0 Å². The molecule has 1 amide bonds. The van der Waals surface area contributed by atoms with Gasteiger partial charge in [0.15, 0.2) is 0 Å². The largest absolute Gasteiger partial charge is 0.465 e. The molecule has 6 nitrogen and oxygen atoms in total. The summed E-state index contributed by atoms with van der Waals surface area (Å²) in [5.74, 6) is -0.374. The van der Waals surface area contributed by atoms with Crippen molar-refractivity contribution in [3.63, 3.8) is 0 Å². The van der Waals surface area contributed by atoms with Crippen molar-refractivity contribution in [3.05, 3.63) is 81.0 Å². The second kappa shape index (κ2) is 9.52. The Morgan fingerprint density at radius 3 is 2.58 bits per heavy atom. The van der Waals surface area contributed by atoms with Crippen LogP contribution in [0.5, 0.6) is 0 Å². The molecule has 8 heteroatoms. The molecule has 0 radical (unpaired) electrons. The van der Waals surface area contributed by atoms with Gasteiger partial charge in [-0.15, -0.1) is 0 Å². The molecule has 0 saturated heterocycles. The van der Waals surface area contributed by atoms with Crippen LogP contribution >= 0.6 is 23.2 Å². The normalized spacial score (nSPS) is 11.0. The maximum Gasteiger partial charge on any atom is 0.339 e. The lowest BCUT2D eigenvalue weighted by atomic mass is 10.1. The molecule has 156 valence electrons. The van der Waals surface area contributed by atoms with E-state index in [4.69, 9.17) is 27.6 Å². The first-order valence-electron chi connectivity index (χ1n) is 9.00. The summed E-state index contributed by atoms with van der Waals surface area (Å²) in [5.41, 5.74) is 1.93. The number of methoxy groups -OCH3 is 1. The summed E-state index contributed by atoms with van der Waals surface area (Å²) in [5, 5.41) is 12.8. The van der Waals surface area contributed by atoms with Gasteiger partial charge in [0, 0.05) is 22.3 Å². The van der Waals surface area contributed by atoms with Crippen LogP contribution in [0.4, 0.5) is 5.69 Å². The number of carbonyl (C=O) groups is 2. The zero-order valence-corrected chi connectivity index (χ0v) is 18.0. The third-order valence-electron chi connectivity index (χ3n) is 4.45. The third kappa shape index (κ3) is 4.97. The van der Waals surface area contributed by atoms with Gasteiger partial charge in [0.25, 0.3) is 5.91 Å². The minimum atomic E-state index is -0.587. The van der Waals surface area contributed by atoms with Crippen LogP contribution in [0.1, 0.15) is 21.7 Å². The molecule has 0 aliphatic rings. The highest BCUT2D eigenvalue weighted by Gasteiger charge is 2.15. The molecule has 0 unspecified atom stereocenters. The highest BCUT2D eigenvalue weighted by molar-refractivity contribution is 6.34. The summed E-state index contributed by atoms with van der Waals surface area (Å²) in [6.07, 6.45) is 1.34. The number of benzene rings is 2. The number of nitrogens with one attached hydrogen (secondary N) is 1. The Hall–Kier alpha value is -3.53. The first kappa shape index (κ1) is 22.2. The van der Waals surface area contributed by atoms with Crippen LogP contribution in [-0.4, -0.2) is 19.0 Å². The van der Waals surface area contributed by atoms with E-state index in [1.165, 1.54) is 19.3 Å². The summed E-state index contributed by atoms with van der Waals surface area (Å²) < 4.78 is 10.4. The first-order valence-corrected chi connectivity index (χ1v) is 9.76. The second-order valence-electron chi connectivity index (χ2n) is 6.42. The summed E-state index contributed by atoms with van der Waals surface area (Å²) in [7, 11) is 1.27. The van der Waals surface area contributed by atoms with Gasteiger partial charge in [-0.05, 0) is 48.9 Å². The van der Waals surface area contributed by atoms with E-state index < -0.39 is 11.9 Å². The molecule has 1 N–H and O–H groups in total. The predicted molar refractivity (Wildman–Crippen MR) is 119 cm³/mol. The lowest BCUT2D eigenvalue weighted by molar-refractivity contribution is -0.112. The Morgan fingerprint density at radius 1 is 1.13 bits per heavy atom. The van der Waals surface area contributed by atoms with Crippen molar-refractivity contribution < 1.29 is 18.7 Å². The molecule has 3 rings (SSSR count). The molecule has 1 heterocycles. The molecular weight excluding hydrogens is 439 g/mol. The first-order chi connectivity index (χ1) is 14.8. The van der Waals surface area contributed by atoms with E-state index in [0.717, 1.165) is 0 Å². The van der Waals surface area contributed by atoms with Gasteiger partial charge in [0.2, 0.25) is 0 Å². The average molecular weight is 455 g/mol. The zero-order chi connectivity index (χ0) is 22.5. The van der Waals surface area contributed by atoms with Crippen molar-refractivity contribution in [1.82, 2.24) is 0 Å². The number of amides is 1. The third-order valence-corrected chi connectivity index (χ3v) is 5.18. The minimum absolute atomic E-state index is 0.139. The molecule has 0 saturated carbocycles. The number of anilines is 1. The lowest BCUT2D eigenvalue weighted by Gasteiger charge is -2.08. The molecule has 3 aromatic rings. The predicted octanol–water partition coefficient (Wildman–Crippen LogP) is 5.89. The highest BCUT2D eigenvalue weighted by Crippen LogP contribution is 2.29. The number of nitriles is 1. The summed E-state index contributed by atoms with van der Waals surface area (Å²) in [6, 6.07) is 15.0. The Kier molecular flexibility index (Phi) is 6.81. The molecule has 1 aromatic heterocycles. The fourth-order valence-electron chi connectivity index (χ4n) is 2.75. The topological polar surface area (TPSA) is 92.3 Å². The highest BCUT2D eigenvalue weighted by atomic mass is 35.5. The van der Waals surface area contributed by atoms with Crippen molar-refractivity contribution in [1.29, 1.82) is 5.26 Å². The second-order valence-corrected chi connectivity index (χ2v) is 7.24. The van der Waals surface area contributed by atoms with Crippen LogP contribution in [0.25, 0.3) is 17.4 Å². The van der Waals surface area contributed by atoms with Crippen LogP contribution in [0.15, 0.2) is 58.5 Å². The SMILES string of the molecule is COC(=O)c1ccc(-c2ccc(/C=C(\C#N)C(=O)Nc3cccc(Cl)c3C)o2)cc1Cl. The molecule has 31 heavy (non-hydrogen) atoms. The Morgan fingerprint density at radius 2 is 1.90 bits per heavy atom. The number of furan rings is 1. The van der Waals surface area contributed by atoms with Crippen LogP contribution in [0, 0.1) is 18.3 Å². The fraction of sp³-hybridized carbons (Fsp3) is 0.0870. The lowest BCUT2D eigenvalue weighted by Crippen LogP contribution is -2.14. The smallest absolute Gasteiger partial charge is 0.339 e. The molecule has 0 aliphatic heterocycles. The monoisotopic (exact) mass is 454 g/mol. The van der Waals surface area contributed by atoms with E-state index in [1.54, 1.807) is 49.4 Å². The maximum atomic E-state index is 12.5. The maximum absolute atomic E-state index is 12.5. The summed E-state index contributed by atoms with van der Waals surface area (Å²) in [4.78, 5) is 24.2. The van der Waals surface area contributed by atoms with Crippen molar-refractivity contribution >= 4 is 46.8 Å². The van der Waals surface area contributed by atoms with Gasteiger partial charge in [-0.25, -0.2) is 4.79 Å². The van der Waals surface area contributed by atoms with Gasteiger partial charge in [-0.2, -0.15) is 5.26 Å². The zero-order valence-electron chi connectivity index (χ0n) is 16.5. The molecule has 0 aliphatic carbocycles. The molecule has 0 atom stereocenters. The van der Waals surface area contributed by atoms with E-state index in [-0.39, 0.29) is 16.2 Å². The van der Waals surface area contributed by atoms with Gasteiger partial charge in [-0.3, -0.25) is 4.79 Å². The van der Waals surface area contributed by atoms with E-state index in [0.29, 0.717) is 33.4 Å². The van der Waals surface area contributed by atoms with Gasteiger partial charge < -0.3 is 14.5 Å². The Balaban J connectivity index is 1.83. The van der Waals surface area contributed by atoms with Gasteiger partial charge in [-0.1, -0.05) is 35.3 Å². The fourth-order valence-corrected chi connectivity index (χ4v) is 3.19. The van der Waals surface area contributed by atoms with Crippen LogP contribution in [-0.2, 0) is 9.53 Å². The van der Waals surface area contributed by atoms with E-state index in [2.05, 4.69) is 10.1 Å². The number of esters is 1. The molecule has 0 spiro atoms. The summed E-state index contributed by atoms with van der Waals surface area (Å²) >= 11 is 12.2. The quantitative estimate of drug-likeness (QED) is 0.294. The number of carbonyl (C=O) groups excluding carboxylic acids is 2. The van der Waals surface area contributed by atoms with Crippen molar-refractivity contribution in [2.45, 2.75) is 6.92 Å². The number of hydrogen-bond donors (Lipinski definition) is 1. The van der Waals surface area contributed by atoms with Crippen molar-refractivity contribution in [2.75, 3.05) is 12.4 Å². The number of halogens is 2.